The van der Waals surface area contributed by atoms with E-state index >= 15 is 0 Å². The Kier molecular flexibility index (Phi) is 4.74. The normalized spacial score (nSPS) is 13.9. The summed E-state index contributed by atoms with van der Waals surface area (Å²) in [7, 11) is 0. The lowest BCUT2D eigenvalue weighted by Gasteiger charge is -2.30. The third-order valence-electron chi connectivity index (χ3n) is 4.90. The molecule has 0 radical (unpaired) electrons. The minimum absolute atomic E-state index is 0.0163. The van der Waals surface area contributed by atoms with Crippen molar-refractivity contribution in [3.63, 3.8) is 0 Å². The minimum atomic E-state index is -0.423. The third kappa shape index (κ3) is 3.70. The Balaban J connectivity index is 1.57. The molecule has 9 heteroatoms. The Bertz CT molecular complexity index is 1030. The predicted octanol–water partition coefficient (Wildman–Crippen LogP) is 3.14. The van der Waals surface area contributed by atoms with Crippen LogP contribution in [0.4, 0.5) is 17.3 Å². The van der Waals surface area contributed by atoms with Gasteiger partial charge in [-0.15, -0.1) is 0 Å². The Hall–Kier alpha value is -3.33. The van der Waals surface area contributed by atoms with Crippen LogP contribution in [0.2, 0.25) is 0 Å². The number of nitrogens with zero attached hydrogens (tertiary/aromatic N) is 6. The molecule has 9 nitrogen and oxygen atoms in total. The van der Waals surface area contributed by atoms with Crippen molar-refractivity contribution in [2.75, 3.05) is 18.4 Å². The molecule has 4 rings (SSSR count). The van der Waals surface area contributed by atoms with E-state index in [4.69, 9.17) is 0 Å². The molecule has 28 heavy (non-hydrogen) atoms. The first kappa shape index (κ1) is 18.1. The molecule has 0 unspecified atom stereocenters. The summed E-state index contributed by atoms with van der Waals surface area (Å²) in [6.45, 7) is 7.03. The van der Waals surface area contributed by atoms with Crippen LogP contribution >= 0.6 is 0 Å². The predicted molar refractivity (Wildman–Crippen MR) is 105 cm³/mol. The Labute approximate surface area is 162 Å². The standard InChI is InChI=1S/C19H21N7O2/c1-13-4-5-16(26(27)28)10-17(13)21-19-20-7-6-18(22-19)25-12-15(14(2)23-25)11-24-8-3-9-24/h4-7,10,12H,3,8-9,11H2,1-2H3,(H,20,21,22). The summed E-state index contributed by atoms with van der Waals surface area (Å²) in [6, 6.07) is 6.44. The number of anilines is 2. The van der Waals surface area contributed by atoms with Crippen molar-refractivity contribution in [2.24, 2.45) is 0 Å². The van der Waals surface area contributed by atoms with Gasteiger partial charge in [0, 0.05) is 42.7 Å². The van der Waals surface area contributed by atoms with Crippen LogP contribution in [-0.4, -0.2) is 42.7 Å². The quantitative estimate of drug-likeness (QED) is 0.518. The van der Waals surface area contributed by atoms with Gasteiger partial charge in [-0.3, -0.25) is 15.0 Å². The van der Waals surface area contributed by atoms with E-state index in [-0.39, 0.29) is 5.69 Å². The summed E-state index contributed by atoms with van der Waals surface area (Å²) in [4.78, 5) is 21.7. The van der Waals surface area contributed by atoms with Gasteiger partial charge in [0.15, 0.2) is 5.82 Å². The van der Waals surface area contributed by atoms with E-state index in [1.165, 1.54) is 24.1 Å². The summed E-state index contributed by atoms with van der Waals surface area (Å²) in [5.74, 6) is 0.997. The SMILES string of the molecule is Cc1ccc([N+](=O)[O-])cc1Nc1nccc(-n2cc(CN3CCC3)c(C)n2)n1. The van der Waals surface area contributed by atoms with Crippen LogP contribution in [0, 0.1) is 24.0 Å². The molecule has 1 N–H and O–H groups in total. The molecule has 0 amide bonds. The van der Waals surface area contributed by atoms with E-state index in [1.807, 2.05) is 20.0 Å². The molecule has 0 aliphatic carbocycles. The molecular formula is C19H21N7O2. The van der Waals surface area contributed by atoms with Crippen LogP contribution in [-0.2, 0) is 6.54 Å². The summed E-state index contributed by atoms with van der Waals surface area (Å²) < 4.78 is 1.75. The van der Waals surface area contributed by atoms with Crippen LogP contribution in [0.3, 0.4) is 0 Å². The number of aromatic nitrogens is 4. The highest BCUT2D eigenvalue weighted by Crippen LogP contribution is 2.24. The highest BCUT2D eigenvalue weighted by atomic mass is 16.6. The fraction of sp³-hybridized carbons (Fsp3) is 0.316. The fourth-order valence-electron chi connectivity index (χ4n) is 3.06. The summed E-state index contributed by atoms with van der Waals surface area (Å²) in [6.07, 6.45) is 4.90. The van der Waals surface area contributed by atoms with Gasteiger partial charge in [-0.25, -0.2) is 9.67 Å². The molecule has 1 aliphatic heterocycles. The van der Waals surface area contributed by atoms with Gasteiger partial charge in [0.25, 0.3) is 5.69 Å². The van der Waals surface area contributed by atoms with E-state index < -0.39 is 4.92 Å². The number of nitrogens with one attached hydrogen (secondary N) is 1. The molecule has 0 saturated carbocycles. The van der Waals surface area contributed by atoms with Crippen molar-refractivity contribution >= 4 is 17.3 Å². The average Bonchev–Trinajstić information content (AvgIpc) is 3.01. The molecule has 0 spiro atoms. The monoisotopic (exact) mass is 379 g/mol. The number of benzene rings is 1. The maximum atomic E-state index is 11.0. The molecule has 1 saturated heterocycles. The molecule has 0 bridgehead atoms. The van der Waals surface area contributed by atoms with Gasteiger partial charge in [0.05, 0.1) is 16.3 Å². The first-order valence-corrected chi connectivity index (χ1v) is 9.12. The van der Waals surface area contributed by atoms with E-state index in [1.54, 1.807) is 23.0 Å². The van der Waals surface area contributed by atoms with Gasteiger partial charge in [-0.1, -0.05) is 6.07 Å². The molecule has 144 valence electrons. The zero-order valence-corrected chi connectivity index (χ0v) is 15.8. The van der Waals surface area contributed by atoms with Gasteiger partial charge in [-0.2, -0.15) is 10.1 Å². The van der Waals surface area contributed by atoms with Crippen molar-refractivity contribution in [3.05, 3.63) is 63.6 Å². The van der Waals surface area contributed by atoms with Gasteiger partial charge < -0.3 is 5.32 Å². The molecule has 1 aromatic carbocycles. The summed E-state index contributed by atoms with van der Waals surface area (Å²) in [5, 5.41) is 18.7. The zero-order chi connectivity index (χ0) is 19.7. The lowest BCUT2D eigenvalue weighted by Crippen LogP contribution is -2.36. The Morgan fingerprint density at radius 3 is 2.79 bits per heavy atom. The lowest BCUT2D eigenvalue weighted by molar-refractivity contribution is -0.384. The first-order chi connectivity index (χ1) is 13.5. The maximum absolute atomic E-state index is 11.0. The van der Waals surface area contributed by atoms with Crippen molar-refractivity contribution < 1.29 is 4.92 Å². The molecule has 1 fully saturated rings. The van der Waals surface area contributed by atoms with Gasteiger partial charge in [0.1, 0.15) is 0 Å². The molecular weight excluding hydrogens is 358 g/mol. The highest BCUT2D eigenvalue weighted by Gasteiger charge is 2.17. The highest BCUT2D eigenvalue weighted by molar-refractivity contribution is 5.62. The molecule has 3 heterocycles. The van der Waals surface area contributed by atoms with Gasteiger partial charge in [0.2, 0.25) is 5.95 Å². The number of hydrogen-bond donors (Lipinski definition) is 1. The van der Waals surface area contributed by atoms with Crippen LogP contribution < -0.4 is 5.32 Å². The first-order valence-electron chi connectivity index (χ1n) is 9.12. The van der Waals surface area contributed by atoms with E-state index in [0.717, 1.165) is 30.9 Å². The Morgan fingerprint density at radius 1 is 1.25 bits per heavy atom. The van der Waals surface area contributed by atoms with Crippen molar-refractivity contribution in [2.45, 2.75) is 26.8 Å². The zero-order valence-electron chi connectivity index (χ0n) is 15.8. The van der Waals surface area contributed by atoms with Crippen molar-refractivity contribution in [1.29, 1.82) is 0 Å². The number of hydrogen-bond acceptors (Lipinski definition) is 7. The maximum Gasteiger partial charge on any atom is 0.271 e. The number of nitro benzene ring substituents is 1. The fourth-order valence-corrected chi connectivity index (χ4v) is 3.06. The van der Waals surface area contributed by atoms with E-state index in [2.05, 4.69) is 25.3 Å². The molecule has 0 atom stereocenters. The Morgan fingerprint density at radius 2 is 2.07 bits per heavy atom. The van der Waals surface area contributed by atoms with Crippen LogP contribution in [0.15, 0.2) is 36.7 Å². The van der Waals surface area contributed by atoms with Gasteiger partial charge >= 0.3 is 0 Å². The summed E-state index contributed by atoms with van der Waals surface area (Å²) >= 11 is 0. The van der Waals surface area contributed by atoms with E-state index in [9.17, 15) is 10.1 Å². The number of non-ortho nitro benzene ring substituents is 1. The summed E-state index contributed by atoms with van der Waals surface area (Å²) in [5.41, 5.74) is 3.65. The topological polar surface area (TPSA) is 102 Å². The second kappa shape index (κ2) is 7.35. The second-order valence-electron chi connectivity index (χ2n) is 6.93. The number of aryl methyl sites for hydroxylation is 2. The number of rotatable bonds is 6. The lowest BCUT2D eigenvalue weighted by atomic mass is 10.1. The molecule has 1 aliphatic rings. The van der Waals surface area contributed by atoms with Gasteiger partial charge in [-0.05, 0) is 38.9 Å². The third-order valence-corrected chi connectivity index (χ3v) is 4.90. The van der Waals surface area contributed by atoms with Crippen LogP contribution in [0.5, 0.6) is 0 Å². The van der Waals surface area contributed by atoms with Crippen LogP contribution in [0.1, 0.15) is 23.2 Å². The van der Waals surface area contributed by atoms with E-state index in [0.29, 0.717) is 17.5 Å². The van der Waals surface area contributed by atoms with Crippen molar-refractivity contribution in [1.82, 2.24) is 24.6 Å². The number of nitro groups is 1. The molecule has 3 aromatic rings. The minimum Gasteiger partial charge on any atom is -0.324 e. The number of likely N-dealkylation sites (tertiary alicyclic amines) is 1. The van der Waals surface area contributed by atoms with Crippen molar-refractivity contribution in [3.8, 4) is 5.82 Å². The van der Waals surface area contributed by atoms with Crippen LogP contribution in [0.25, 0.3) is 5.82 Å². The smallest absolute Gasteiger partial charge is 0.271 e. The second-order valence-corrected chi connectivity index (χ2v) is 6.93. The molecule has 2 aromatic heterocycles. The average molecular weight is 379 g/mol. The largest absolute Gasteiger partial charge is 0.324 e.